The van der Waals surface area contributed by atoms with Crippen LogP contribution in [0.5, 0.6) is 0 Å². The maximum atomic E-state index is 12.8. The van der Waals surface area contributed by atoms with Crippen molar-refractivity contribution in [2.24, 2.45) is 16.7 Å². The Hall–Kier alpha value is -2.16. The molecular weight excluding hydrogens is 310 g/mol. The lowest BCUT2D eigenvalue weighted by Gasteiger charge is -2.50. The third-order valence-corrected chi connectivity index (χ3v) is 5.30. The van der Waals surface area contributed by atoms with Gasteiger partial charge in [-0.2, -0.15) is 5.26 Å². The maximum absolute atomic E-state index is 12.8. The summed E-state index contributed by atoms with van der Waals surface area (Å²) < 4.78 is 10.4. The van der Waals surface area contributed by atoms with Crippen LogP contribution in [-0.4, -0.2) is 30.9 Å². The largest absolute Gasteiger partial charge is 0.465 e. The van der Waals surface area contributed by atoms with E-state index in [-0.39, 0.29) is 31.8 Å². The second-order valence-electron chi connectivity index (χ2n) is 6.40. The summed E-state index contributed by atoms with van der Waals surface area (Å²) in [6.45, 7) is 5.28. The highest BCUT2D eigenvalue weighted by Crippen LogP contribution is 2.58. The van der Waals surface area contributed by atoms with Crippen LogP contribution >= 0.6 is 0 Å². The van der Waals surface area contributed by atoms with Crippen LogP contribution < -0.4 is 0 Å². The molecule has 1 saturated carbocycles. The van der Waals surface area contributed by atoms with Gasteiger partial charge in [0.15, 0.2) is 11.2 Å². The van der Waals surface area contributed by atoms with E-state index in [1.54, 1.807) is 20.8 Å². The molecule has 0 aromatic heterocycles. The summed E-state index contributed by atoms with van der Waals surface area (Å²) in [5.41, 5.74) is -1.99. The van der Waals surface area contributed by atoms with Crippen LogP contribution in [0.1, 0.15) is 46.5 Å². The molecule has 2 aliphatic rings. The molecule has 0 unspecified atom stereocenters. The number of carbonyl (C=O) groups excluding carboxylic acids is 3. The first-order valence-electron chi connectivity index (χ1n) is 8.36. The van der Waals surface area contributed by atoms with Gasteiger partial charge in [-0.3, -0.25) is 14.4 Å². The van der Waals surface area contributed by atoms with E-state index in [0.717, 1.165) is 0 Å². The zero-order valence-corrected chi connectivity index (χ0v) is 14.4. The Balaban J connectivity index is 2.64. The molecule has 1 fully saturated rings. The molecule has 0 bridgehead atoms. The number of hydrogen-bond acceptors (Lipinski definition) is 6. The minimum atomic E-state index is -1.59. The molecule has 0 saturated heterocycles. The smallest absolute Gasteiger partial charge is 0.323 e. The molecule has 2 rings (SSSR count). The Bertz CT molecular complexity index is 612. The van der Waals surface area contributed by atoms with Crippen LogP contribution in [0.25, 0.3) is 0 Å². The first-order valence-corrected chi connectivity index (χ1v) is 8.36. The average molecular weight is 333 g/mol. The Morgan fingerprint density at radius 1 is 1.25 bits per heavy atom. The van der Waals surface area contributed by atoms with Crippen molar-refractivity contribution >= 4 is 17.7 Å². The first kappa shape index (κ1) is 18.2. The van der Waals surface area contributed by atoms with Gasteiger partial charge in [0.25, 0.3) is 0 Å². The van der Waals surface area contributed by atoms with Crippen molar-refractivity contribution in [3.8, 4) is 6.07 Å². The Morgan fingerprint density at radius 2 is 1.83 bits per heavy atom. The van der Waals surface area contributed by atoms with Crippen LogP contribution in [0.2, 0.25) is 0 Å². The lowest BCUT2D eigenvalue weighted by Crippen LogP contribution is -2.57. The summed E-state index contributed by atoms with van der Waals surface area (Å²) in [7, 11) is 0. The number of hydrogen-bond donors (Lipinski definition) is 0. The topological polar surface area (TPSA) is 93.5 Å². The van der Waals surface area contributed by atoms with Crippen molar-refractivity contribution in [3.63, 3.8) is 0 Å². The summed E-state index contributed by atoms with van der Waals surface area (Å²) in [5.74, 6) is -2.30. The summed E-state index contributed by atoms with van der Waals surface area (Å²) >= 11 is 0. The quantitative estimate of drug-likeness (QED) is 0.579. The van der Waals surface area contributed by atoms with Crippen LogP contribution in [0, 0.1) is 28.1 Å². The van der Waals surface area contributed by atoms with E-state index >= 15 is 0 Å². The summed E-state index contributed by atoms with van der Waals surface area (Å²) in [6, 6.07) is 2.30. The van der Waals surface area contributed by atoms with Crippen LogP contribution in [0.15, 0.2) is 11.6 Å². The fourth-order valence-corrected chi connectivity index (χ4v) is 4.18. The molecule has 0 N–H and O–H groups in total. The molecule has 2 aliphatic carbocycles. The molecule has 0 amide bonds. The number of esters is 2. The Kier molecular flexibility index (Phi) is 5.12. The van der Waals surface area contributed by atoms with Crippen molar-refractivity contribution in [1.82, 2.24) is 0 Å². The zero-order valence-electron chi connectivity index (χ0n) is 14.4. The Morgan fingerprint density at radius 3 is 2.33 bits per heavy atom. The number of nitrogens with zero attached hydrogens (tertiary/aromatic N) is 1. The van der Waals surface area contributed by atoms with E-state index in [9.17, 15) is 19.6 Å². The molecule has 0 heterocycles. The second-order valence-corrected chi connectivity index (χ2v) is 6.40. The van der Waals surface area contributed by atoms with E-state index < -0.39 is 28.7 Å². The number of fused-ring (bicyclic) bond motifs is 1. The monoisotopic (exact) mass is 333 g/mol. The van der Waals surface area contributed by atoms with Crippen LogP contribution in [0.4, 0.5) is 0 Å². The van der Waals surface area contributed by atoms with Crippen molar-refractivity contribution in [1.29, 1.82) is 5.26 Å². The predicted octanol–water partition coefficient (Wildman–Crippen LogP) is 2.33. The van der Waals surface area contributed by atoms with Gasteiger partial charge in [0.05, 0.1) is 24.7 Å². The summed E-state index contributed by atoms with van der Waals surface area (Å²) in [5, 5.41) is 9.88. The van der Waals surface area contributed by atoms with E-state index in [2.05, 4.69) is 6.07 Å². The molecule has 0 aliphatic heterocycles. The number of ketones is 1. The highest BCUT2D eigenvalue weighted by molar-refractivity contribution is 6.03. The first-order chi connectivity index (χ1) is 11.4. The molecule has 6 heteroatoms. The molecule has 0 aromatic carbocycles. The molecule has 24 heavy (non-hydrogen) atoms. The fourth-order valence-electron chi connectivity index (χ4n) is 4.18. The normalized spacial score (nSPS) is 28.2. The van der Waals surface area contributed by atoms with E-state index in [0.29, 0.717) is 18.4 Å². The number of nitriles is 1. The van der Waals surface area contributed by atoms with Gasteiger partial charge >= 0.3 is 11.9 Å². The minimum absolute atomic E-state index is 0.0253. The number of rotatable bonds is 4. The van der Waals surface area contributed by atoms with Gasteiger partial charge in [-0.05, 0) is 51.7 Å². The third kappa shape index (κ3) is 2.52. The van der Waals surface area contributed by atoms with Gasteiger partial charge in [-0.25, -0.2) is 0 Å². The van der Waals surface area contributed by atoms with Gasteiger partial charge in [-0.1, -0.05) is 0 Å². The van der Waals surface area contributed by atoms with Gasteiger partial charge in [0, 0.05) is 12.3 Å². The van der Waals surface area contributed by atoms with Crippen LogP contribution in [-0.2, 0) is 23.9 Å². The lowest BCUT2D eigenvalue weighted by molar-refractivity contribution is -0.184. The zero-order chi connectivity index (χ0) is 18.0. The number of allylic oxidation sites excluding steroid dienone is 2. The van der Waals surface area contributed by atoms with Gasteiger partial charge in [-0.15, -0.1) is 0 Å². The van der Waals surface area contributed by atoms with E-state index in [1.807, 2.05) is 0 Å². The third-order valence-electron chi connectivity index (χ3n) is 5.30. The Labute approximate surface area is 141 Å². The lowest BCUT2D eigenvalue weighted by atomic mass is 9.49. The maximum Gasteiger partial charge on any atom is 0.323 e. The summed E-state index contributed by atoms with van der Waals surface area (Å²) in [4.78, 5) is 37.7. The average Bonchev–Trinajstić information content (AvgIpc) is 2.54. The van der Waals surface area contributed by atoms with Crippen LogP contribution in [0.3, 0.4) is 0 Å². The van der Waals surface area contributed by atoms with Gasteiger partial charge in [0.2, 0.25) is 0 Å². The van der Waals surface area contributed by atoms with Gasteiger partial charge < -0.3 is 9.47 Å². The predicted molar refractivity (Wildman–Crippen MR) is 84.5 cm³/mol. The molecule has 0 spiro atoms. The van der Waals surface area contributed by atoms with Crippen molar-refractivity contribution in [3.05, 3.63) is 11.6 Å². The molecule has 0 aromatic rings. The van der Waals surface area contributed by atoms with E-state index in [4.69, 9.17) is 9.47 Å². The molecular formula is C18H23NO5. The molecule has 0 radical (unpaired) electrons. The van der Waals surface area contributed by atoms with Crippen molar-refractivity contribution < 1.29 is 23.9 Å². The second kappa shape index (κ2) is 6.76. The SMILES string of the molecule is CCOC(=O)C1(C(=O)OCC)CCC[C@]2(C#N)C(C)=CC(=O)C[C@@H]12. The molecule has 2 atom stereocenters. The van der Waals surface area contributed by atoms with Crippen molar-refractivity contribution in [2.75, 3.05) is 13.2 Å². The van der Waals surface area contributed by atoms with Crippen molar-refractivity contribution in [2.45, 2.75) is 46.5 Å². The standard InChI is InChI=1S/C18H23NO5/c1-4-23-15(21)18(16(22)24-5-2)8-6-7-17(11-19)12(3)9-13(20)10-14(17)18/h9,14H,4-8,10H2,1-3H3/t14-,17+/m1/s1. The van der Waals surface area contributed by atoms with E-state index in [1.165, 1.54) is 6.08 Å². The summed E-state index contributed by atoms with van der Waals surface area (Å²) in [6.07, 6.45) is 2.71. The molecule has 6 nitrogen and oxygen atoms in total. The highest BCUT2D eigenvalue weighted by atomic mass is 16.6. The number of carbonyl (C=O) groups is 3. The fraction of sp³-hybridized carbons (Fsp3) is 0.667. The highest BCUT2D eigenvalue weighted by Gasteiger charge is 2.65. The van der Waals surface area contributed by atoms with Gasteiger partial charge in [0.1, 0.15) is 0 Å². The number of ether oxygens (including phenoxy) is 2. The minimum Gasteiger partial charge on any atom is -0.465 e. The molecule has 130 valence electrons.